The van der Waals surface area contributed by atoms with Crippen LogP contribution in [0.2, 0.25) is 0 Å². The van der Waals surface area contributed by atoms with Crippen molar-refractivity contribution in [2.75, 3.05) is 6.61 Å². The highest BCUT2D eigenvalue weighted by atomic mass is 16.2. The third kappa shape index (κ3) is 14.2. The molecule has 0 aliphatic carbocycles. The van der Waals surface area contributed by atoms with Gasteiger partial charge >= 0.3 is 0 Å². The SMILES string of the molecule is CCCCCCCC(CC)CCCCCCCC[O]. The summed E-state index contributed by atoms with van der Waals surface area (Å²) in [6.45, 7) is 4.76. The van der Waals surface area contributed by atoms with Gasteiger partial charge in [-0.3, -0.25) is 0 Å². The fourth-order valence-corrected chi connectivity index (χ4v) is 2.83. The van der Waals surface area contributed by atoms with Crippen LogP contribution in [0.1, 0.15) is 104 Å². The van der Waals surface area contributed by atoms with Crippen LogP contribution in [-0.4, -0.2) is 6.61 Å². The average Bonchev–Trinajstić information content (AvgIpc) is 2.44. The van der Waals surface area contributed by atoms with Gasteiger partial charge in [0.05, 0.1) is 6.61 Å². The van der Waals surface area contributed by atoms with E-state index >= 15 is 0 Å². The molecule has 1 heteroatoms. The molecule has 0 amide bonds. The van der Waals surface area contributed by atoms with E-state index in [-0.39, 0.29) is 6.61 Å². The van der Waals surface area contributed by atoms with Gasteiger partial charge in [0.2, 0.25) is 0 Å². The molecule has 1 unspecified atom stereocenters. The van der Waals surface area contributed by atoms with Crippen molar-refractivity contribution < 1.29 is 5.11 Å². The summed E-state index contributed by atoms with van der Waals surface area (Å²) in [5.74, 6) is 0.975. The zero-order chi connectivity index (χ0) is 14.2. The van der Waals surface area contributed by atoms with Gasteiger partial charge in [0.15, 0.2) is 0 Å². The quantitative estimate of drug-likeness (QED) is 0.301. The molecule has 1 nitrogen and oxygen atoms in total. The Morgan fingerprint density at radius 1 is 0.632 bits per heavy atom. The van der Waals surface area contributed by atoms with Gasteiger partial charge in [-0.1, -0.05) is 97.3 Å². The zero-order valence-electron chi connectivity index (χ0n) is 13.6. The first kappa shape index (κ1) is 19.0. The minimum Gasteiger partial charge on any atom is -0.237 e. The van der Waals surface area contributed by atoms with Gasteiger partial charge in [0.1, 0.15) is 0 Å². The van der Waals surface area contributed by atoms with E-state index < -0.39 is 0 Å². The molecule has 0 aromatic rings. The first-order valence-corrected chi connectivity index (χ1v) is 8.93. The summed E-state index contributed by atoms with van der Waals surface area (Å²) in [7, 11) is 0. The molecule has 0 aromatic carbocycles. The van der Waals surface area contributed by atoms with Crippen LogP contribution in [0.4, 0.5) is 0 Å². The van der Waals surface area contributed by atoms with Crippen LogP contribution in [-0.2, 0) is 5.11 Å². The predicted molar refractivity (Wildman–Crippen MR) is 85.0 cm³/mol. The van der Waals surface area contributed by atoms with Crippen LogP contribution in [0.25, 0.3) is 0 Å². The second-order valence-corrected chi connectivity index (χ2v) is 6.09. The molecule has 0 fully saturated rings. The molecule has 115 valence electrons. The monoisotopic (exact) mass is 269 g/mol. The lowest BCUT2D eigenvalue weighted by atomic mass is 9.92. The molecule has 0 rings (SSSR count). The minimum absolute atomic E-state index is 0.121. The summed E-state index contributed by atoms with van der Waals surface area (Å²) in [6.07, 6.45) is 18.8. The molecule has 0 aliphatic rings. The van der Waals surface area contributed by atoms with Gasteiger partial charge in [-0.2, -0.15) is 0 Å². The maximum atomic E-state index is 10.3. The lowest BCUT2D eigenvalue weighted by Crippen LogP contribution is -1.99. The summed E-state index contributed by atoms with van der Waals surface area (Å²) < 4.78 is 0. The van der Waals surface area contributed by atoms with Crippen LogP contribution in [0.3, 0.4) is 0 Å². The fourth-order valence-electron chi connectivity index (χ4n) is 2.83. The molecule has 0 bridgehead atoms. The zero-order valence-corrected chi connectivity index (χ0v) is 13.6. The maximum Gasteiger partial charge on any atom is 0.0822 e. The molecule has 0 N–H and O–H groups in total. The van der Waals surface area contributed by atoms with Crippen LogP contribution in [0, 0.1) is 5.92 Å². The fraction of sp³-hybridized carbons (Fsp3) is 1.00. The number of unbranched alkanes of at least 4 members (excludes halogenated alkanes) is 9. The van der Waals surface area contributed by atoms with E-state index in [1.807, 2.05) is 0 Å². The van der Waals surface area contributed by atoms with Crippen molar-refractivity contribution in [1.82, 2.24) is 0 Å². The maximum absolute atomic E-state index is 10.3. The van der Waals surface area contributed by atoms with E-state index in [0.29, 0.717) is 0 Å². The van der Waals surface area contributed by atoms with Crippen LogP contribution >= 0.6 is 0 Å². The van der Waals surface area contributed by atoms with Gasteiger partial charge in [-0.15, -0.1) is 0 Å². The third-order valence-corrected chi connectivity index (χ3v) is 4.30. The molecule has 1 atom stereocenters. The highest BCUT2D eigenvalue weighted by molar-refractivity contribution is 4.59. The van der Waals surface area contributed by atoms with E-state index in [1.54, 1.807) is 0 Å². The Bertz CT molecular complexity index is 156. The first-order valence-electron chi connectivity index (χ1n) is 8.93. The molecule has 0 aromatic heterocycles. The van der Waals surface area contributed by atoms with Crippen LogP contribution in [0.15, 0.2) is 0 Å². The van der Waals surface area contributed by atoms with Crippen molar-refractivity contribution >= 4 is 0 Å². The third-order valence-electron chi connectivity index (χ3n) is 4.30. The molecule has 0 saturated heterocycles. The van der Waals surface area contributed by atoms with Gasteiger partial charge in [-0.05, 0) is 12.3 Å². The normalized spacial score (nSPS) is 12.8. The standard InChI is InChI=1S/C18H37O/c1-3-5-6-9-12-15-18(4-2)16-13-10-7-8-11-14-17-19/h18H,3-17H2,1-2H3. The van der Waals surface area contributed by atoms with Crippen LogP contribution < -0.4 is 0 Å². The van der Waals surface area contributed by atoms with Crippen molar-refractivity contribution in [2.24, 2.45) is 5.92 Å². The summed E-state index contributed by atoms with van der Waals surface area (Å²) in [5.41, 5.74) is 0. The van der Waals surface area contributed by atoms with E-state index in [2.05, 4.69) is 13.8 Å². The summed E-state index contributed by atoms with van der Waals surface area (Å²) in [4.78, 5) is 0. The Balaban J connectivity index is 3.29. The van der Waals surface area contributed by atoms with Crippen molar-refractivity contribution in [1.29, 1.82) is 0 Å². The number of hydrogen-bond acceptors (Lipinski definition) is 0. The topological polar surface area (TPSA) is 19.9 Å². The average molecular weight is 269 g/mol. The highest BCUT2D eigenvalue weighted by Crippen LogP contribution is 2.21. The minimum atomic E-state index is 0.121. The van der Waals surface area contributed by atoms with Gasteiger partial charge in [0, 0.05) is 0 Å². The number of hydrogen-bond donors (Lipinski definition) is 0. The molecule has 1 radical (unpaired) electrons. The molecule has 19 heavy (non-hydrogen) atoms. The highest BCUT2D eigenvalue weighted by Gasteiger charge is 2.05. The Kier molecular flexibility index (Phi) is 16.0. The lowest BCUT2D eigenvalue weighted by Gasteiger charge is -2.14. The molecule has 0 heterocycles. The van der Waals surface area contributed by atoms with Crippen molar-refractivity contribution in [2.45, 2.75) is 104 Å². The molecule has 0 aliphatic heterocycles. The second kappa shape index (κ2) is 16.0. The van der Waals surface area contributed by atoms with E-state index in [1.165, 1.54) is 77.0 Å². The predicted octanol–water partition coefficient (Wildman–Crippen LogP) is 6.53. The summed E-state index contributed by atoms with van der Waals surface area (Å²) in [5, 5.41) is 10.3. The van der Waals surface area contributed by atoms with Gasteiger partial charge in [0.25, 0.3) is 0 Å². The Hall–Kier alpha value is -0.0400. The molecular formula is C18H37O. The van der Waals surface area contributed by atoms with Gasteiger partial charge in [-0.25, -0.2) is 5.11 Å². The first-order chi connectivity index (χ1) is 9.35. The van der Waals surface area contributed by atoms with Crippen molar-refractivity contribution in [3.8, 4) is 0 Å². The van der Waals surface area contributed by atoms with Crippen LogP contribution in [0.5, 0.6) is 0 Å². The smallest absolute Gasteiger partial charge is 0.0822 e. The Labute approximate surface area is 122 Å². The van der Waals surface area contributed by atoms with E-state index in [0.717, 1.165) is 18.8 Å². The summed E-state index contributed by atoms with van der Waals surface area (Å²) in [6, 6.07) is 0. The molecule has 0 saturated carbocycles. The lowest BCUT2D eigenvalue weighted by molar-refractivity contribution is 0.186. The summed E-state index contributed by atoms with van der Waals surface area (Å²) >= 11 is 0. The second-order valence-electron chi connectivity index (χ2n) is 6.09. The molecular weight excluding hydrogens is 232 g/mol. The Morgan fingerprint density at radius 2 is 1.11 bits per heavy atom. The van der Waals surface area contributed by atoms with Crippen molar-refractivity contribution in [3.63, 3.8) is 0 Å². The number of rotatable bonds is 15. The van der Waals surface area contributed by atoms with Gasteiger partial charge < -0.3 is 0 Å². The van der Waals surface area contributed by atoms with E-state index in [9.17, 15) is 5.11 Å². The largest absolute Gasteiger partial charge is 0.237 e. The van der Waals surface area contributed by atoms with Crippen molar-refractivity contribution in [3.05, 3.63) is 0 Å². The van der Waals surface area contributed by atoms with E-state index in [4.69, 9.17) is 0 Å². The molecule has 0 spiro atoms. The Morgan fingerprint density at radius 3 is 1.58 bits per heavy atom.